The normalized spacial score (nSPS) is 11.9. The van der Waals surface area contributed by atoms with Crippen LogP contribution in [0, 0.1) is 0 Å². The first kappa shape index (κ1) is 20.7. The number of aromatic nitrogens is 2. The molecule has 1 atom stereocenters. The van der Waals surface area contributed by atoms with Crippen LogP contribution in [0.1, 0.15) is 37.2 Å². The highest BCUT2D eigenvalue weighted by Crippen LogP contribution is 2.27. The molecule has 1 amide bonds. The zero-order chi connectivity index (χ0) is 21.6. The number of anilines is 1. The molecule has 158 valence electrons. The molecule has 1 heterocycles. The van der Waals surface area contributed by atoms with Gasteiger partial charge in [0.1, 0.15) is 17.6 Å². The summed E-state index contributed by atoms with van der Waals surface area (Å²) in [6, 6.07) is 25.3. The Kier molecular flexibility index (Phi) is 6.32. The SMILES string of the molecule is CCC[C@H](C(=O)Nc1ccc(OC)cc1)n1c(Cc2ccccc2)nc2ccccc21. The number of carbonyl (C=O) groups is 1. The third kappa shape index (κ3) is 4.61. The van der Waals surface area contributed by atoms with E-state index in [1.54, 1.807) is 7.11 Å². The highest BCUT2D eigenvalue weighted by atomic mass is 16.5. The molecular formula is C26H27N3O2. The highest BCUT2D eigenvalue weighted by molar-refractivity contribution is 5.95. The Morgan fingerprint density at radius 1 is 1.00 bits per heavy atom. The van der Waals surface area contributed by atoms with Gasteiger partial charge in [-0.25, -0.2) is 4.98 Å². The van der Waals surface area contributed by atoms with Crippen molar-refractivity contribution in [2.75, 3.05) is 12.4 Å². The fourth-order valence-electron chi connectivity index (χ4n) is 3.90. The van der Waals surface area contributed by atoms with Crippen LogP contribution >= 0.6 is 0 Å². The fourth-order valence-corrected chi connectivity index (χ4v) is 3.90. The monoisotopic (exact) mass is 413 g/mol. The number of amides is 1. The first-order chi connectivity index (χ1) is 15.2. The summed E-state index contributed by atoms with van der Waals surface area (Å²) in [6.07, 6.45) is 2.29. The van der Waals surface area contributed by atoms with Crippen LogP contribution in [0.3, 0.4) is 0 Å². The van der Waals surface area contributed by atoms with Crippen molar-refractivity contribution in [3.8, 4) is 5.75 Å². The topological polar surface area (TPSA) is 56.1 Å². The van der Waals surface area contributed by atoms with Gasteiger partial charge in [-0.1, -0.05) is 55.8 Å². The number of nitrogens with zero attached hydrogens (tertiary/aromatic N) is 2. The van der Waals surface area contributed by atoms with Crippen LogP contribution in [-0.4, -0.2) is 22.6 Å². The van der Waals surface area contributed by atoms with Gasteiger partial charge in [0.25, 0.3) is 0 Å². The summed E-state index contributed by atoms with van der Waals surface area (Å²) in [6.45, 7) is 2.10. The van der Waals surface area contributed by atoms with Crippen molar-refractivity contribution in [2.45, 2.75) is 32.2 Å². The lowest BCUT2D eigenvalue weighted by atomic mass is 10.1. The van der Waals surface area contributed by atoms with Crippen LogP contribution in [-0.2, 0) is 11.2 Å². The van der Waals surface area contributed by atoms with Crippen LogP contribution < -0.4 is 10.1 Å². The molecular weight excluding hydrogens is 386 g/mol. The molecule has 5 nitrogen and oxygen atoms in total. The van der Waals surface area contributed by atoms with Crippen molar-refractivity contribution >= 4 is 22.6 Å². The summed E-state index contributed by atoms with van der Waals surface area (Å²) < 4.78 is 7.33. The molecule has 1 N–H and O–H groups in total. The number of carbonyl (C=O) groups excluding carboxylic acids is 1. The molecule has 0 radical (unpaired) electrons. The van der Waals surface area contributed by atoms with Gasteiger partial charge in [0.2, 0.25) is 5.91 Å². The van der Waals surface area contributed by atoms with Crippen molar-refractivity contribution in [1.82, 2.24) is 9.55 Å². The third-order valence-corrected chi connectivity index (χ3v) is 5.41. The number of fused-ring (bicyclic) bond motifs is 1. The summed E-state index contributed by atoms with van der Waals surface area (Å²) in [5.74, 6) is 1.62. The predicted molar refractivity (Wildman–Crippen MR) is 125 cm³/mol. The maximum absolute atomic E-state index is 13.4. The number of nitrogens with one attached hydrogen (secondary N) is 1. The van der Waals surface area contributed by atoms with E-state index in [-0.39, 0.29) is 11.9 Å². The lowest BCUT2D eigenvalue weighted by Crippen LogP contribution is -2.27. The van der Waals surface area contributed by atoms with Crippen LogP contribution in [0.15, 0.2) is 78.9 Å². The first-order valence-electron chi connectivity index (χ1n) is 10.6. The number of para-hydroxylation sites is 2. The van der Waals surface area contributed by atoms with Crippen molar-refractivity contribution < 1.29 is 9.53 Å². The maximum atomic E-state index is 13.4. The van der Waals surface area contributed by atoms with Crippen LogP contribution in [0.2, 0.25) is 0 Å². The molecule has 0 saturated heterocycles. The third-order valence-electron chi connectivity index (χ3n) is 5.41. The Hall–Kier alpha value is -3.60. The number of hydrogen-bond acceptors (Lipinski definition) is 3. The second kappa shape index (κ2) is 9.47. The lowest BCUT2D eigenvalue weighted by Gasteiger charge is -2.21. The van der Waals surface area contributed by atoms with Gasteiger partial charge in [0.05, 0.1) is 18.1 Å². The molecule has 0 aliphatic rings. The van der Waals surface area contributed by atoms with E-state index in [2.05, 4.69) is 28.9 Å². The molecule has 0 fully saturated rings. The van der Waals surface area contributed by atoms with E-state index in [9.17, 15) is 4.79 Å². The number of hydrogen-bond donors (Lipinski definition) is 1. The summed E-state index contributed by atoms with van der Waals surface area (Å²) >= 11 is 0. The van der Waals surface area contributed by atoms with Gasteiger partial charge < -0.3 is 14.6 Å². The van der Waals surface area contributed by atoms with Crippen molar-refractivity contribution in [3.05, 3.63) is 90.3 Å². The Labute approximate surface area is 182 Å². The van der Waals surface area contributed by atoms with E-state index in [0.29, 0.717) is 6.42 Å². The molecule has 4 aromatic rings. The average Bonchev–Trinajstić information content (AvgIpc) is 3.16. The Morgan fingerprint density at radius 2 is 1.71 bits per heavy atom. The minimum Gasteiger partial charge on any atom is -0.497 e. The largest absolute Gasteiger partial charge is 0.497 e. The average molecular weight is 414 g/mol. The van der Waals surface area contributed by atoms with Crippen molar-refractivity contribution in [1.29, 1.82) is 0 Å². The molecule has 5 heteroatoms. The zero-order valence-corrected chi connectivity index (χ0v) is 17.9. The van der Waals surface area contributed by atoms with Crippen molar-refractivity contribution in [2.24, 2.45) is 0 Å². The molecule has 0 aliphatic heterocycles. The minimum absolute atomic E-state index is 0.0375. The minimum atomic E-state index is -0.349. The van der Waals surface area contributed by atoms with Crippen LogP contribution in [0.4, 0.5) is 5.69 Å². The van der Waals surface area contributed by atoms with Crippen LogP contribution in [0.5, 0.6) is 5.75 Å². The summed E-state index contributed by atoms with van der Waals surface area (Å²) in [5.41, 5.74) is 3.81. The molecule has 0 saturated carbocycles. The highest BCUT2D eigenvalue weighted by Gasteiger charge is 2.25. The van der Waals surface area contributed by atoms with Gasteiger partial charge in [-0.15, -0.1) is 0 Å². The lowest BCUT2D eigenvalue weighted by molar-refractivity contribution is -0.119. The number of imidazole rings is 1. The van der Waals surface area contributed by atoms with Gasteiger partial charge in [-0.3, -0.25) is 4.79 Å². The molecule has 0 aliphatic carbocycles. The summed E-state index contributed by atoms with van der Waals surface area (Å²) in [5, 5.41) is 3.08. The second-order valence-corrected chi connectivity index (χ2v) is 7.57. The van der Waals surface area contributed by atoms with Gasteiger partial charge in [0, 0.05) is 12.1 Å². The van der Waals surface area contributed by atoms with Crippen molar-refractivity contribution in [3.63, 3.8) is 0 Å². The number of benzene rings is 3. The van der Waals surface area contributed by atoms with Gasteiger partial charge >= 0.3 is 0 Å². The standard InChI is InChI=1S/C26H27N3O2/c1-3-9-24(26(30)27-20-14-16-21(31-2)17-15-20)29-23-13-8-7-12-22(23)28-25(29)18-19-10-5-4-6-11-19/h4-8,10-17,24H,3,9,18H2,1-2H3,(H,27,30)/t24-/m1/s1. The fraction of sp³-hybridized carbons (Fsp3) is 0.231. The number of ether oxygens (including phenoxy) is 1. The Balaban J connectivity index is 1.71. The molecule has 31 heavy (non-hydrogen) atoms. The molecule has 0 spiro atoms. The predicted octanol–water partition coefficient (Wildman–Crippen LogP) is 5.62. The van der Waals surface area contributed by atoms with Crippen LogP contribution in [0.25, 0.3) is 11.0 Å². The molecule has 3 aromatic carbocycles. The Morgan fingerprint density at radius 3 is 2.42 bits per heavy atom. The molecule has 0 unspecified atom stereocenters. The maximum Gasteiger partial charge on any atom is 0.247 e. The first-order valence-corrected chi connectivity index (χ1v) is 10.6. The summed E-state index contributed by atoms with van der Waals surface area (Å²) in [7, 11) is 1.63. The van der Waals surface area contributed by atoms with E-state index in [1.165, 1.54) is 5.56 Å². The quantitative estimate of drug-likeness (QED) is 0.408. The summed E-state index contributed by atoms with van der Waals surface area (Å²) in [4.78, 5) is 18.3. The van der Waals surface area contributed by atoms with Gasteiger partial charge in [-0.2, -0.15) is 0 Å². The van der Waals surface area contributed by atoms with Gasteiger partial charge in [0.15, 0.2) is 0 Å². The van der Waals surface area contributed by atoms with E-state index in [1.807, 2.05) is 66.7 Å². The zero-order valence-electron chi connectivity index (χ0n) is 17.9. The molecule has 4 rings (SSSR count). The number of rotatable bonds is 8. The number of methoxy groups -OCH3 is 1. The van der Waals surface area contributed by atoms with E-state index < -0.39 is 0 Å². The van der Waals surface area contributed by atoms with E-state index >= 15 is 0 Å². The van der Waals surface area contributed by atoms with E-state index in [4.69, 9.17) is 9.72 Å². The van der Waals surface area contributed by atoms with Gasteiger partial charge in [-0.05, 0) is 48.4 Å². The van der Waals surface area contributed by atoms with E-state index in [0.717, 1.165) is 41.1 Å². The Bertz CT molecular complexity index is 1150. The molecule has 1 aromatic heterocycles. The molecule has 0 bridgehead atoms. The smallest absolute Gasteiger partial charge is 0.247 e. The second-order valence-electron chi connectivity index (χ2n) is 7.57.